The first-order valence-corrected chi connectivity index (χ1v) is 11.9. The molecule has 2 aliphatic rings. The van der Waals surface area contributed by atoms with Crippen LogP contribution in [0.15, 0.2) is 23.2 Å². The summed E-state index contributed by atoms with van der Waals surface area (Å²) in [6.45, 7) is 8.51. The lowest BCUT2D eigenvalue weighted by molar-refractivity contribution is -0.125. The van der Waals surface area contributed by atoms with Crippen molar-refractivity contribution in [3.63, 3.8) is 0 Å². The lowest BCUT2D eigenvalue weighted by Gasteiger charge is -2.35. The molecular weight excluding hydrogens is 368 g/mol. The van der Waals surface area contributed by atoms with Crippen molar-refractivity contribution in [3.8, 4) is 6.07 Å². The lowest BCUT2D eigenvalue weighted by atomic mass is 9.71. The van der Waals surface area contributed by atoms with E-state index in [0.717, 1.165) is 55.2 Å². The zero-order chi connectivity index (χ0) is 21.7. The molecule has 162 valence electrons. The number of nitriles is 1. The molecule has 1 aliphatic heterocycles. The Bertz CT molecular complexity index is 820. The summed E-state index contributed by atoms with van der Waals surface area (Å²) in [5, 5.41) is 9.27. The number of rotatable bonds is 7. The van der Waals surface area contributed by atoms with Gasteiger partial charge in [0.15, 0.2) is 0 Å². The Morgan fingerprint density at radius 3 is 2.60 bits per heavy atom. The maximum absolute atomic E-state index is 12.5. The molecule has 0 saturated heterocycles. The first-order chi connectivity index (χ1) is 14.3. The molecule has 0 aromatic heterocycles. The van der Waals surface area contributed by atoms with Crippen molar-refractivity contribution >= 4 is 17.2 Å². The van der Waals surface area contributed by atoms with Crippen LogP contribution in [-0.4, -0.2) is 11.5 Å². The Morgan fingerprint density at radius 2 is 1.97 bits per heavy atom. The molecule has 1 fully saturated rings. The number of nitrogens with zero attached hydrogens (tertiary/aromatic N) is 2. The topological polar surface area (TPSA) is 53.2 Å². The standard InChI is InChI=1S/C27H38N2O/c1-19(27(2,3)4)26(30)11-6-5-10-24-17-22(21-8-7-9-21)13-14-23-16-20(18-28)12-15-25(23)29-24/h12,15-16,19,21-22H,5-11,13-14,17H2,1-4H3/b29-24-/t19-,22?/m0/s1. The summed E-state index contributed by atoms with van der Waals surface area (Å²) in [6, 6.07) is 8.21. The average molecular weight is 407 g/mol. The van der Waals surface area contributed by atoms with Gasteiger partial charge in [-0.1, -0.05) is 47.0 Å². The number of carbonyl (C=O) groups is 1. The number of aryl methyl sites for hydroxylation is 1. The van der Waals surface area contributed by atoms with Gasteiger partial charge in [-0.15, -0.1) is 0 Å². The first kappa shape index (κ1) is 22.7. The predicted molar refractivity (Wildman–Crippen MR) is 124 cm³/mol. The Morgan fingerprint density at radius 1 is 1.20 bits per heavy atom. The van der Waals surface area contributed by atoms with Crippen LogP contribution in [0.25, 0.3) is 0 Å². The highest BCUT2D eigenvalue weighted by Gasteiger charge is 2.29. The molecule has 1 heterocycles. The van der Waals surface area contributed by atoms with Crippen LogP contribution in [0.1, 0.15) is 96.6 Å². The van der Waals surface area contributed by atoms with Crippen molar-refractivity contribution in [3.05, 3.63) is 29.3 Å². The summed E-state index contributed by atoms with van der Waals surface area (Å²) in [7, 11) is 0. The summed E-state index contributed by atoms with van der Waals surface area (Å²) in [5.41, 5.74) is 4.35. The Hall–Kier alpha value is -1.95. The fourth-order valence-electron chi connectivity index (χ4n) is 4.73. The first-order valence-electron chi connectivity index (χ1n) is 11.9. The fourth-order valence-corrected chi connectivity index (χ4v) is 4.73. The van der Waals surface area contributed by atoms with E-state index in [2.05, 4.69) is 33.8 Å². The van der Waals surface area contributed by atoms with Gasteiger partial charge in [0.1, 0.15) is 5.78 Å². The third kappa shape index (κ3) is 5.81. The van der Waals surface area contributed by atoms with Gasteiger partial charge in [0.25, 0.3) is 0 Å². The number of unbranched alkanes of at least 4 members (excludes halogenated alkanes) is 1. The van der Waals surface area contributed by atoms with Crippen LogP contribution in [0.3, 0.4) is 0 Å². The minimum Gasteiger partial charge on any atom is -0.299 e. The predicted octanol–water partition coefficient (Wildman–Crippen LogP) is 7.20. The highest BCUT2D eigenvalue weighted by Crippen LogP contribution is 2.40. The highest BCUT2D eigenvalue weighted by molar-refractivity contribution is 5.88. The molecule has 1 aromatic carbocycles. The van der Waals surface area contributed by atoms with Gasteiger partial charge in [0.05, 0.1) is 17.3 Å². The van der Waals surface area contributed by atoms with E-state index in [4.69, 9.17) is 4.99 Å². The number of benzene rings is 1. The molecule has 1 saturated carbocycles. The van der Waals surface area contributed by atoms with Crippen molar-refractivity contribution in [1.82, 2.24) is 0 Å². The molecular formula is C27H38N2O. The molecule has 0 spiro atoms. The zero-order valence-corrected chi connectivity index (χ0v) is 19.3. The van der Waals surface area contributed by atoms with Gasteiger partial charge in [0.2, 0.25) is 0 Å². The van der Waals surface area contributed by atoms with E-state index < -0.39 is 0 Å². The van der Waals surface area contributed by atoms with E-state index in [0.29, 0.717) is 12.2 Å². The van der Waals surface area contributed by atoms with Crippen molar-refractivity contribution in [2.24, 2.45) is 28.2 Å². The van der Waals surface area contributed by atoms with Crippen molar-refractivity contribution < 1.29 is 4.79 Å². The van der Waals surface area contributed by atoms with E-state index in [1.54, 1.807) is 0 Å². The minimum atomic E-state index is 0.0443. The third-order valence-electron chi connectivity index (χ3n) is 7.51. The Balaban J connectivity index is 1.65. The second-order valence-corrected chi connectivity index (χ2v) is 10.6. The summed E-state index contributed by atoms with van der Waals surface area (Å²) >= 11 is 0. The summed E-state index contributed by atoms with van der Waals surface area (Å²) < 4.78 is 0. The van der Waals surface area contributed by atoms with Gasteiger partial charge in [-0.3, -0.25) is 9.79 Å². The number of aliphatic imine (C=N–C) groups is 1. The van der Waals surface area contributed by atoms with Crippen LogP contribution < -0.4 is 0 Å². The number of carbonyl (C=O) groups excluding carboxylic acids is 1. The quantitative estimate of drug-likeness (QED) is 0.450. The SMILES string of the molecule is C[C@@H](C(=O)CCCC/C1=N/c2ccc(C#N)cc2CCC(C2CCC2)C1)C(C)(C)C. The van der Waals surface area contributed by atoms with E-state index in [1.165, 1.54) is 37.0 Å². The van der Waals surface area contributed by atoms with Gasteiger partial charge < -0.3 is 0 Å². The summed E-state index contributed by atoms with van der Waals surface area (Å²) in [5.74, 6) is 2.08. The lowest BCUT2D eigenvalue weighted by Crippen LogP contribution is -2.26. The monoisotopic (exact) mass is 406 g/mol. The van der Waals surface area contributed by atoms with Crippen LogP contribution in [0.5, 0.6) is 0 Å². The molecule has 3 heteroatoms. The van der Waals surface area contributed by atoms with Gasteiger partial charge in [-0.2, -0.15) is 5.26 Å². The maximum atomic E-state index is 12.5. The molecule has 3 nitrogen and oxygen atoms in total. The second kappa shape index (κ2) is 9.90. The molecule has 0 bridgehead atoms. The van der Waals surface area contributed by atoms with Crippen LogP contribution in [0.2, 0.25) is 0 Å². The number of hydrogen-bond donors (Lipinski definition) is 0. The number of Topliss-reactive ketones (excluding diaryl/α,β-unsaturated/α-hetero) is 1. The molecule has 2 atom stereocenters. The molecule has 1 aromatic rings. The Labute approximate surface area is 183 Å². The number of hydrogen-bond acceptors (Lipinski definition) is 3. The summed E-state index contributed by atoms with van der Waals surface area (Å²) in [4.78, 5) is 17.6. The molecule has 0 radical (unpaired) electrons. The maximum Gasteiger partial charge on any atom is 0.136 e. The van der Waals surface area contributed by atoms with Crippen LogP contribution >= 0.6 is 0 Å². The van der Waals surface area contributed by atoms with E-state index >= 15 is 0 Å². The number of ketones is 1. The van der Waals surface area contributed by atoms with Crippen molar-refractivity contribution in [2.45, 2.75) is 91.9 Å². The van der Waals surface area contributed by atoms with E-state index in [-0.39, 0.29) is 11.3 Å². The van der Waals surface area contributed by atoms with Crippen LogP contribution in [0.4, 0.5) is 5.69 Å². The molecule has 0 amide bonds. The molecule has 1 aliphatic carbocycles. The van der Waals surface area contributed by atoms with E-state index in [9.17, 15) is 10.1 Å². The van der Waals surface area contributed by atoms with Crippen molar-refractivity contribution in [2.75, 3.05) is 0 Å². The minimum absolute atomic E-state index is 0.0443. The van der Waals surface area contributed by atoms with Crippen molar-refractivity contribution in [1.29, 1.82) is 5.26 Å². The average Bonchev–Trinajstić information content (AvgIpc) is 2.65. The fraction of sp³-hybridized carbons (Fsp3) is 0.667. The Kier molecular flexibility index (Phi) is 7.50. The van der Waals surface area contributed by atoms with Crippen LogP contribution in [-0.2, 0) is 11.2 Å². The second-order valence-electron chi connectivity index (χ2n) is 10.6. The van der Waals surface area contributed by atoms with Gasteiger partial charge in [-0.05, 0) is 79.5 Å². The largest absolute Gasteiger partial charge is 0.299 e. The smallest absolute Gasteiger partial charge is 0.136 e. The number of fused-ring (bicyclic) bond motifs is 1. The molecule has 30 heavy (non-hydrogen) atoms. The molecule has 0 N–H and O–H groups in total. The van der Waals surface area contributed by atoms with Crippen LogP contribution in [0, 0.1) is 34.5 Å². The zero-order valence-electron chi connectivity index (χ0n) is 19.3. The molecule has 3 rings (SSSR count). The highest BCUT2D eigenvalue weighted by atomic mass is 16.1. The van der Waals surface area contributed by atoms with E-state index in [1.807, 2.05) is 18.2 Å². The molecule has 1 unspecified atom stereocenters. The summed E-state index contributed by atoms with van der Waals surface area (Å²) in [6.07, 6.45) is 11.1. The van der Waals surface area contributed by atoms with Gasteiger partial charge in [0, 0.05) is 18.1 Å². The normalized spacial score (nSPS) is 22.5. The van der Waals surface area contributed by atoms with Gasteiger partial charge in [-0.25, -0.2) is 0 Å². The third-order valence-corrected chi connectivity index (χ3v) is 7.51. The van der Waals surface area contributed by atoms with Gasteiger partial charge >= 0.3 is 0 Å².